The van der Waals surface area contributed by atoms with Gasteiger partial charge >= 0.3 is 11.7 Å². The first kappa shape index (κ1) is 38.5. The van der Waals surface area contributed by atoms with Crippen molar-refractivity contribution < 1.29 is 36.3 Å². The van der Waals surface area contributed by atoms with E-state index in [1.54, 1.807) is 27.7 Å². The van der Waals surface area contributed by atoms with Crippen molar-refractivity contribution in [3.05, 3.63) is 110 Å². The van der Waals surface area contributed by atoms with Gasteiger partial charge in [0.1, 0.15) is 23.5 Å². The molecule has 0 unspecified atom stereocenters. The van der Waals surface area contributed by atoms with E-state index in [1.807, 2.05) is 4.72 Å². The van der Waals surface area contributed by atoms with Gasteiger partial charge in [0.2, 0.25) is 5.91 Å². The molecule has 14 nitrogen and oxygen atoms in total. The van der Waals surface area contributed by atoms with Gasteiger partial charge in [-0.05, 0) is 67.6 Å². The molecule has 5 rings (SSSR count). The van der Waals surface area contributed by atoms with Crippen LogP contribution in [0.25, 0.3) is 5.82 Å². The minimum atomic E-state index is -4.44. The molecule has 2 amide bonds. The maximum Gasteiger partial charge on any atom is 0.336 e. The molecule has 17 heteroatoms. The van der Waals surface area contributed by atoms with E-state index in [-0.39, 0.29) is 35.6 Å². The predicted molar refractivity (Wildman–Crippen MR) is 190 cm³/mol. The summed E-state index contributed by atoms with van der Waals surface area (Å²) < 4.78 is 66.0. The normalized spacial score (nSPS) is 13.6. The number of aryl methyl sites for hydroxylation is 2. The second-order valence-corrected chi connectivity index (χ2v) is 15.5. The van der Waals surface area contributed by atoms with E-state index in [1.165, 1.54) is 60.4 Å². The van der Waals surface area contributed by atoms with Crippen LogP contribution in [0.15, 0.2) is 75.4 Å². The summed E-state index contributed by atoms with van der Waals surface area (Å²) in [4.78, 5) is 67.8. The molecule has 0 bridgehead atoms. The van der Waals surface area contributed by atoms with Crippen LogP contribution in [0, 0.1) is 29.9 Å². The second kappa shape index (κ2) is 15.1. The molecule has 1 aliphatic carbocycles. The number of nitrogens with one attached hydrogen (secondary N) is 3. The van der Waals surface area contributed by atoms with Crippen molar-refractivity contribution in [3.63, 3.8) is 0 Å². The van der Waals surface area contributed by atoms with Gasteiger partial charge in [-0.2, -0.15) is 0 Å². The van der Waals surface area contributed by atoms with Crippen LogP contribution in [0.5, 0.6) is 0 Å². The topological polar surface area (TPSA) is 188 Å². The van der Waals surface area contributed by atoms with Crippen molar-refractivity contribution in [1.82, 2.24) is 19.4 Å². The van der Waals surface area contributed by atoms with Gasteiger partial charge in [0.05, 0.1) is 22.8 Å². The van der Waals surface area contributed by atoms with E-state index in [2.05, 4.69) is 15.6 Å². The Hall–Kier alpha value is -5.71. The van der Waals surface area contributed by atoms with Crippen LogP contribution in [0.3, 0.4) is 0 Å². The molecule has 1 fully saturated rings. The van der Waals surface area contributed by atoms with Gasteiger partial charge < -0.3 is 19.9 Å². The maximum atomic E-state index is 15.3. The average molecular weight is 753 g/mol. The Morgan fingerprint density at radius 1 is 1.02 bits per heavy atom. The highest BCUT2D eigenvalue weighted by atomic mass is 32.2. The summed E-state index contributed by atoms with van der Waals surface area (Å²) >= 11 is 0. The molecule has 0 saturated heterocycles. The molecule has 2 aromatic carbocycles. The van der Waals surface area contributed by atoms with E-state index < -0.39 is 67.5 Å². The number of halogens is 2. The lowest BCUT2D eigenvalue weighted by molar-refractivity contribution is -0.146. The molecule has 2 aromatic heterocycles. The van der Waals surface area contributed by atoms with Crippen LogP contribution >= 0.6 is 0 Å². The maximum absolute atomic E-state index is 15.3. The number of anilines is 2. The van der Waals surface area contributed by atoms with Gasteiger partial charge in [0, 0.05) is 48.6 Å². The lowest BCUT2D eigenvalue weighted by Crippen LogP contribution is -2.44. The van der Waals surface area contributed by atoms with Crippen molar-refractivity contribution in [2.24, 2.45) is 18.4 Å². The number of hydrogen-bond donors (Lipinski definition) is 3. The summed E-state index contributed by atoms with van der Waals surface area (Å²) in [5.41, 5.74) is -2.47. The van der Waals surface area contributed by atoms with Crippen molar-refractivity contribution >= 4 is 39.2 Å². The van der Waals surface area contributed by atoms with Gasteiger partial charge in [0.25, 0.3) is 21.5 Å². The standard InChI is InChI=1S/C36H38F2N6O8S/c1-20-18-43(5)35(49)44(32(20)46)30-13-8-22(17-39-30)14-29(33(47)52-19-21-6-7-21)41-31(45)25-15-27(38)28(16-26(25)37)42-53(50,51)24-11-9-23(10-12-24)40-34(48)36(2,3)4/h8-13,15-18,21,29,42H,6-7,14,19H2,1-5H3,(H,40,48)(H,41,45)/t29-/m0/s1. The molecule has 280 valence electrons. The Balaban J connectivity index is 1.32. The fourth-order valence-corrected chi connectivity index (χ4v) is 6.04. The number of pyridine rings is 1. The van der Waals surface area contributed by atoms with Gasteiger partial charge in [-0.1, -0.05) is 26.8 Å². The summed E-state index contributed by atoms with van der Waals surface area (Å²) in [5, 5.41) is 5.02. The quantitative estimate of drug-likeness (QED) is 0.182. The largest absolute Gasteiger partial charge is 0.464 e. The van der Waals surface area contributed by atoms with Crippen LogP contribution < -0.4 is 26.6 Å². The van der Waals surface area contributed by atoms with Gasteiger partial charge in [-0.25, -0.2) is 36.3 Å². The lowest BCUT2D eigenvalue weighted by atomic mass is 9.95. The third kappa shape index (κ3) is 9.21. The first-order chi connectivity index (χ1) is 24.8. The Morgan fingerprint density at radius 2 is 1.70 bits per heavy atom. The molecule has 0 aliphatic heterocycles. The second-order valence-electron chi connectivity index (χ2n) is 13.8. The highest BCUT2D eigenvalue weighted by Gasteiger charge is 2.30. The van der Waals surface area contributed by atoms with Crippen LogP contribution in [0.4, 0.5) is 20.2 Å². The fraction of sp³-hybridized carbons (Fsp3) is 0.333. The molecule has 1 saturated carbocycles. The molecule has 3 N–H and O–H groups in total. The van der Waals surface area contributed by atoms with E-state index in [9.17, 15) is 32.4 Å². The number of amides is 2. The van der Waals surface area contributed by atoms with E-state index in [0.29, 0.717) is 28.9 Å². The van der Waals surface area contributed by atoms with Crippen molar-refractivity contribution in [1.29, 1.82) is 0 Å². The molecule has 2 heterocycles. The number of sulfonamides is 1. The van der Waals surface area contributed by atoms with Gasteiger partial charge in [0.15, 0.2) is 0 Å². The number of nitrogens with zero attached hydrogens (tertiary/aromatic N) is 3. The van der Waals surface area contributed by atoms with Crippen LogP contribution in [0.1, 0.15) is 55.1 Å². The summed E-state index contributed by atoms with van der Waals surface area (Å²) in [7, 11) is -2.95. The fourth-order valence-electron chi connectivity index (χ4n) is 4.98. The number of benzene rings is 2. The Labute approximate surface area is 303 Å². The Bertz CT molecular complexity index is 2260. The SMILES string of the molecule is Cc1cn(C)c(=O)n(-c2ccc(C[C@H](NC(=O)c3cc(F)c(NS(=O)(=O)c4ccc(NC(=O)C(C)(C)C)cc4)cc3F)C(=O)OCC3CC3)cn2)c1=O. The Kier molecular flexibility index (Phi) is 11.0. The zero-order valence-corrected chi connectivity index (χ0v) is 30.3. The summed E-state index contributed by atoms with van der Waals surface area (Å²) in [5.74, 6) is -4.69. The smallest absolute Gasteiger partial charge is 0.336 e. The van der Waals surface area contributed by atoms with Crippen LogP contribution in [-0.4, -0.2) is 53.0 Å². The number of ether oxygens (including phenoxy) is 1. The number of carbonyl (C=O) groups excluding carboxylic acids is 3. The third-order valence-corrected chi connectivity index (χ3v) is 9.68. The lowest BCUT2D eigenvalue weighted by Gasteiger charge is -2.19. The van der Waals surface area contributed by atoms with Crippen molar-refractivity contribution in [2.75, 3.05) is 16.6 Å². The summed E-state index contributed by atoms with van der Waals surface area (Å²) in [6.07, 6.45) is 4.23. The molecule has 4 aromatic rings. The van der Waals surface area contributed by atoms with Gasteiger partial charge in [-0.15, -0.1) is 0 Å². The minimum absolute atomic E-state index is 0.0230. The Morgan fingerprint density at radius 3 is 2.30 bits per heavy atom. The van der Waals surface area contributed by atoms with E-state index in [4.69, 9.17) is 4.74 Å². The van der Waals surface area contributed by atoms with Crippen molar-refractivity contribution in [3.8, 4) is 5.82 Å². The highest BCUT2D eigenvalue weighted by molar-refractivity contribution is 7.92. The zero-order valence-electron chi connectivity index (χ0n) is 29.5. The van der Waals surface area contributed by atoms with E-state index in [0.717, 1.165) is 17.4 Å². The first-order valence-corrected chi connectivity index (χ1v) is 18.0. The number of esters is 1. The summed E-state index contributed by atoms with van der Waals surface area (Å²) in [6.45, 7) is 6.77. The molecule has 1 atom stereocenters. The summed E-state index contributed by atoms with van der Waals surface area (Å²) in [6, 6.07) is 7.51. The molecule has 0 radical (unpaired) electrons. The minimum Gasteiger partial charge on any atom is -0.464 e. The molecular formula is C36H38F2N6O8S. The molecule has 53 heavy (non-hydrogen) atoms. The van der Waals surface area contributed by atoms with Crippen molar-refractivity contribution in [2.45, 2.75) is 57.9 Å². The van der Waals surface area contributed by atoms with Crippen LogP contribution in [-0.2, 0) is 37.8 Å². The zero-order chi connectivity index (χ0) is 38.8. The first-order valence-electron chi connectivity index (χ1n) is 16.5. The third-order valence-electron chi connectivity index (χ3n) is 8.30. The number of aromatic nitrogens is 3. The molecular weight excluding hydrogens is 714 g/mol. The molecule has 1 aliphatic rings. The highest BCUT2D eigenvalue weighted by Crippen LogP contribution is 2.29. The van der Waals surface area contributed by atoms with Crippen LogP contribution in [0.2, 0.25) is 0 Å². The number of carbonyl (C=O) groups is 3. The van der Waals surface area contributed by atoms with E-state index >= 15 is 8.78 Å². The average Bonchev–Trinajstić information content (AvgIpc) is 3.93. The number of rotatable bonds is 12. The van der Waals surface area contributed by atoms with Gasteiger partial charge in [-0.3, -0.25) is 19.1 Å². The number of hydrogen-bond acceptors (Lipinski definition) is 9. The monoisotopic (exact) mass is 752 g/mol. The molecule has 0 spiro atoms. The predicted octanol–water partition coefficient (Wildman–Crippen LogP) is 3.60.